The van der Waals surface area contributed by atoms with Gasteiger partial charge in [0.1, 0.15) is 10.7 Å². The van der Waals surface area contributed by atoms with Gasteiger partial charge in [0.2, 0.25) is 10.0 Å². The molecule has 1 unspecified atom stereocenters. The lowest BCUT2D eigenvalue weighted by molar-refractivity contribution is 0.547. The van der Waals surface area contributed by atoms with Crippen LogP contribution in [0.15, 0.2) is 29.2 Å². The molecule has 4 nitrogen and oxygen atoms in total. The zero-order chi connectivity index (χ0) is 15.8. The second-order valence-electron chi connectivity index (χ2n) is 4.90. The standard InChI is InChI=1S/C14H17FN2O2S2/c1-8-6-12(10(3)20-8)9(2)17-21(18,19)14-7-11(16)4-5-13(14)15/h4-7,9,17H,16H2,1-3H3. The van der Waals surface area contributed by atoms with Crippen LogP contribution in [0.5, 0.6) is 0 Å². The lowest BCUT2D eigenvalue weighted by Gasteiger charge is -2.15. The Morgan fingerprint density at radius 1 is 1.29 bits per heavy atom. The Morgan fingerprint density at radius 3 is 2.52 bits per heavy atom. The van der Waals surface area contributed by atoms with Crippen molar-refractivity contribution in [1.82, 2.24) is 4.72 Å². The molecule has 1 atom stereocenters. The summed E-state index contributed by atoms with van der Waals surface area (Å²) in [4.78, 5) is 1.71. The van der Waals surface area contributed by atoms with Crippen molar-refractivity contribution in [2.75, 3.05) is 5.73 Å². The molecule has 0 bridgehead atoms. The molecule has 2 aromatic rings. The van der Waals surface area contributed by atoms with E-state index in [1.165, 1.54) is 6.07 Å². The highest BCUT2D eigenvalue weighted by Crippen LogP contribution is 2.28. The fourth-order valence-corrected chi connectivity index (χ4v) is 4.52. The molecule has 2 rings (SSSR count). The number of hydrogen-bond donors (Lipinski definition) is 2. The van der Waals surface area contributed by atoms with E-state index in [-0.39, 0.29) is 5.69 Å². The van der Waals surface area contributed by atoms with Gasteiger partial charge in [0.15, 0.2) is 0 Å². The number of thiophene rings is 1. The molecular formula is C14H17FN2O2S2. The van der Waals surface area contributed by atoms with E-state index in [1.54, 1.807) is 18.3 Å². The second-order valence-corrected chi connectivity index (χ2v) is 8.04. The summed E-state index contributed by atoms with van der Waals surface area (Å²) in [6, 6.07) is 4.98. The molecule has 1 heterocycles. The number of nitrogens with two attached hydrogens (primary N) is 1. The first-order chi connectivity index (χ1) is 9.70. The summed E-state index contributed by atoms with van der Waals surface area (Å²) in [5.74, 6) is -0.817. The Labute approximate surface area is 127 Å². The SMILES string of the molecule is Cc1cc(C(C)NS(=O)(=O)c2cc(N)ccc2F)c(C)s1. The summed E-state index contributed by atoms with van der Waals surface area (Å²) in [6.45, 7) is 5.62. The maximum atomic E-state index is 13.7. The van der Waals surface area contributed by atoms with Crippen LogP contribution in [-0.2, 0) is 10.0 Å². The van der Waals surface area contributed by atoms with E-state index in [0.29, 0.717) is 0 Å². The molecule has 0 fully saturated rings. The number of hydrogen-bond acceptors (Lipinski definition) is 4. The number of nitrogens with one attached hydrogen (secondary N) is 1. The number of sulfonamides is 1. The molecule has 7 heteroatoms. The molecule has 0 spiro atoms. The minimum atomic E-state index is -3.97. The first-order valence-corrected chi connectivity index (χ1v) is 8.65. The number of benzene rings is 1. The van der Waals surface area contributed by atoms with Crippen LogP contribution >= 0.6 is 11.3 Å². The third kappa shape index (κ3) is 3.42. The van der Waals surface area contributed by atoms with Crippen molar-refractivity contribution in [3.05, 3.63) is 45.4 Å². The van der Waals surface area contributed by atoms with E-state index in [0.717, 1.165) is 27.5 Å². The van der Waals surface area contributed by atoms with E-state index in [4.69, 9.17) is 5.73 Å². The van der Waals surface area contributed by atoms with Crippen molar-refractivity contribution >= 4 is 27.0 Å². The molecule has 1 aromatic heterocycles. The first kappa shape index (κ1) is 15.9. The van der Waals surface area contributed by atoms with E-state index < -0.39 is 26.8 Å². The zero-order valence-corrected chi connectivity index (χ0v) is 13.6. The van der Waals surface area contributed by atoms with Crippen LogP contribution < -0.4 is 10.5 Å². The van der Waals surface area contributed by atoms with E-state index in [9.17, 15) is 12.8 Å². The lowest BCUT2D eigenvalue weighted by Crippen LogP contribution is -2.27. The van der Waals surface area contributed by atoms with Crippen molar-refractivity contribution in [2.45, 2.75) is 31.7 Å². The van der Waals surface area contributed by atoms with Gasteiger partial charge in [0.05, 0.1) is 0 Å². The van der Waals surface area contributed by atoms with Crippen LogP contribution in [0.25, 0.3) is 0 Å². The monoisotopic (exact) mass is 328 g/mol. The summed E-state index contributed by atoms with van der Waals surface area (Å²) in [5, 5.41) is 0. The molecule has 0 saturated carbocycles. The molecule has 21 heavy (non-hydrogen) atoms. The van der Waals surface area contributed by atoms with Gasteiger partial charge in [-0.2, -0.15) is 0 Å². The Balaban J connectivity index is 2.33. The fourth-order valence-electron chi connectivity index (χ4n) is 2.17. The largest absolute Gasteiger partial charge is 0.399 e. The molecule has 3 N–H and O–H groups in total. The van der Waals surface area contributed by atoms with Gasteiger partial charge in [0.25, 0.3) is 0 Å². The van der Waals surface area contributed by atoms with E-state index in [2.05, 4.69) is 4.72 Å². The van der Waals surface area contributed by atoms with Crippen molar-refractivity contribution in [1.29, 1.82) is 0 Å². The van der Waals surface area contributed by atoms with Crippen LogP contribution in [0.4, 0.5) is 10.1 Å². The van der Waals surface area contributed by atoms with E-state index in [1.807, 2.05) is 19.9 Å². The summed E-state index contributed by atoms with van der Waals surface area (Å²) >= 11 is 1.60. The molecule has 0 radical (unpaired) electrons. The van der Waals surface area contributed by atoms with Gasteiger partial charge in [-0.1, -0.05) is 0 Å². The van der Waals surface area contributed by atoms with Crippen molar-refractivity contribution in [2.24, 2.45) is 0 Å². The summed E-state index contributed by atoms with van der Waals surface area (Å²) in [5.41, 5.74) is 6.63. The summed E-state index contributed by atoms with van der Waals surface area (Å²) in [7, 11) is -3.97. The second kappa shape index (κ2) is 5.75. The van der Waals surface area contributed by atoms with Crippen molar-refractivity contribution in [3.63, 3.8) is 0 Å². The zero-order valence-electron chi connectivity index (χ0n) is 12.0. The highest BCUT2D eigenvalue weighted by Gasteiger charge is 2.23. The van der Waals surface area contributed by atoms with Crippen LogP contribution in [0, 0.1) is 19.7 Å². The van der Waals surface area contributed by atoms with Gasteiger partial charge in [-0.3, -0.25) is 0 Å². The topological polar surface area (TPSA) is 72.2 Å². The Morgan fingerprint density at radius 2 is 1.95 bits per heavy atom. The molecule has 0 amide bonds. The first-order valence-electron chi connectivity index (χ1n) is 6.35. The molecule has 0 saturated heterocycles. The number of rotatable bonds is 4. The minimum Gasteiger partial charge on any atom is -0.399 e. The normalized spacial score (nSPS) is 13.3. The lowest BCUT2D eigenvalue weighted by atomic mass is 10.1. The number of halogens is 1. The van der Waals surface area contributed by atoms with Gasteiger partial charge in [0, 0.05) is 21.5 Å². The number of aryl methyl sites for hydroxylation is 2. The molecular weight excluding hydrogens is 311 g/mol. The van der Waals surface area contributed by atoms with Crippen molar-refractivity contribution in [3.8, 4) is 0 Å². The van der Waals surface area contributed by atoms with Crippen LogP contribution in [0.2, 0.25) is 0 Å². The van der Waals surface area contributed by atoms with Crippen LogP contribution in [0.3, 0.4) is 0 Å². The smallest absolute Gasteiger partial charge is 0.244 e. The summed E-state index contributed by atoms with van der Waals surface area (Å²) in [6.07, 6.45) is 0. The average molecular weight is 328 g/mol. The molecule has 0 aliphatic carbocycles. The quantitative estimate of drug-likeness (QED) is 0.847. The molecule has 1 aromatic carbocycles. The highest BCUT2D eigenvalue weighted by atomic mass is 32.2. The molecule has 0 aliphatic rings. The Kier molecular flexibility index (Phi) is 4.36. The van der Waals surface area contributed by atoms with Gasteiger partial charge in [-0.15, -0.1) is 11.3 Å². The minimum absolute atomic E-state index is 0.201. The van der Waals surface area contributed by atoms with Gasteiger partial charge < -0.3 is 5.73 Å². The maximum Gasteiger partial charge on any atom is 0.244 e. The highest BCUT2D eigenvalue weighted by molar-refractivity contribution is 7.89. The molecule has 0 aliphatic heterocycles. The average Bonchev–Trinajstić information content (AvgIpc) is 2.71. The summed E-state index contributed by atoms with van der Waals surface area (Å²) < 4.78 is 40.8. The number of anilines is 1. The fraction of sp³-hybridized carbons (Fsp3) is 0.286. The third-order valence-electron chi connectivity index (χ3n) is 3.12. The molecule has 114 valence electrons. The maximum absolute atomic E-state index is 13.7. The van der Waals surface area contributed by atoms with Gasteiger partial charge >= 0.3 is 0 Å². The third-order valence-corrected chi connectivity index (χ3v) is 5.66. The predicted molar refractivity (Wildman–Crippen MR) is 83.3 cm³/mol. The Hall–Kier alpha value is -1.44. The Bertz CT molecular complexity index is 769. The predicted octanol–water partition coefficient (Wildman–Crippen LogP) is 3.13. The van der Waals surface area contributed by atoms with E-state index >= 15 is 0 Å². The van der Waals surface area contributed by atoms with Crippen LogP contribution in [-0.4, -0.2) is 8.42 Å². The van der Waals surface area contributed by atoms with Crippen molar-refractivity contribution < 1.29 is 12.8 Å². The van der Waals surface area contributed by atoms with Gasteiger partial charge in [-0.25, -0.2) is 17.5 Å². The number of nitrogen functional groups attached to an aromatic ring is 1. The van der Waals surface area contributed by atoms with Crippen LogP contribution in [0.1, 0.15) is 28.3 Å². The van der Waals surface area contributed by atoms with Gasteiger partial charge in [-0.05, 0) is 50.6 Å².